The highest BCUT2D eigenvalue weighted by Crippen LogP contribution is 2.45. The fraction of sp³-hybridized carbons (Fsp3) is 0. The predicted molar refractivity (Wildman–Crippen MR) is 220 cm³/mol. The van der Waals surface area contributed by atoms with Crippen LogP contribution in [0.2, 0.25) is 0 Å². The van der Waals surface area contributed by atoms with Crippen molar-refractivity contribution in [1.82, 2.24) is 4.98 Å². The van der Waals surface area contributed by atoms with Gasteiger partial charge in [0, 0.05) is 21.7 Å². The maximum absolute atomic E-state index is 3.85. The molecule has 1 nitrogen and oxygen atoms in total. The van der Waals surface area contributed by atoms with Crippen molar-refractivity contribution >= 4 is 75.7 Å². The highest BCUT2D eigenvalue weighted by molar-refractivity contribution is 6.31. The topological polar surface area (TPSA) is 15.8 Å². The fourth-order valence-electron chi connectivity index (χ4n) is 8.68. The molecule has 0 aliphatic carbocycles. The van der Waals surface area contributed by atoms with E-state index in [4.69, 9.17) is 0 Å². The lowest BCUT2D eigenvalue weighted by Crippen LogP contribution is -1.91. The third-order valence-corrected chi connectivity index (χ3v) is 10.9. The van der Waals surface area contributed by atoms with Gasteiger partial charge in [-0.1, -0.05) is 164 Å². The van der Waals surface area contributed by atoms with Gasteiger partial charge in [-0.05, 0) is 100 Å². The first-order valence-corrected chi connectivity index (χ1v) is 17.7. The largest absolute Gasteiger partial charge is 0.354 e. The van der Waals surface area contributed by atoms with Gasteiger partial charge in [0.15, 0.2) is 0 Å². The molecule has 0 aliphatic rings. The minimum absolute atomic E-state index is 1.16. The molecule has 1 aromatic heterocycles. The normalized spacial score (nSPS) is 11.9. The molecule has 11 rings (SSSR count). The van der Waals surface area contributed by atoms with Gasteiger partial charge in [-0.25, -0.2) is 0 Å². The zero-order chi connectivity index (χ0) is 33.5. The average molecular weight is 646 g/mol. The van der Waals surface area contributed by atoms with Crippen molar-refractivity contribution in [2.75, 3.05) is 0 Å². The Kier molecular flexibility index (Phi) is 6.02. The maximum Gasteiger partial charge on any atom is 0.0551 e. The van der Waals surface area contributed by atoms with Crippen LogP contribution in [0, 0.1) is 0 Å². The van der Waals surface area contributed by atoms with Gasteiger partial charge < -0.3 is 4.98 Å². The smallest absolute Gasteiger partial charge is 0.0551 e. The number of rotatable bonds is 3. The van der Waals surface area contributed by atoms with Gasteiger partial charge in [-0.2, -0.15) is 0 Å². The predicted octanol–water partition coefficient (Wildman–Crippen LogP) is 14.1. The number of aromatic amines is 1. The van der Waals surface area contributed by atoms with E-state index in [0.717, 1.165) is 5.52 Å². The number of fused-ring (bicyclic) bond motifs is 11. The number of hydrogen-bond donors (Lipinski definition) is 1. The van der Waals surface area contributed by atoms with Crippen molar-refractivity contribution in [3.8, 4) is 33.4 Å². The summed E-state index contributed by atoms with van der Waals surface area (Å²) in [5.74, 6) is 0. The monoisotopic (exact) mass is 645 g/mol. The van der Waals surface area contributed by atoms with Crippen LogP contribution in [0.1, 0.15) is 0 Å². The van der Waals surface area contributed by atoms with E-state index in [1.807, 2.05) is 0 Å². The van der Waals surface area contributed by atoms with Crippen LogP contribution < -0.4 is 0 Å². The van der Waals surface area contributed by atoms with Crippen LogP contribution in [-0.4, -0.2) is 4.98 Å². The summed E-state index contributed by atoms with van der Waals surface area (Å²) < 4.78 is 0. The van der Waals surface area contributed by atoms with Crippen molar-refractivity contribution < 1.29 is 0 Å². The first kappa shape index (κ1) is 28.2. The van der Waals surface area contributed by atoms with E-state index in [1.165, 1.54) is 104 Å². The molecule has 0 saturated carbocycles. The fourth-order valence-corrected chi connectivity index (χ4v) is 8.68. The SMILES string of the molecule is c1cc(-c2ccc3c(c2)[nH]c2c4ccccc4c4ccccc4c32)cc(-c2c3ccccc3c(-c3ccc4ccccc4c3)c3ccccc23)c1. The van der Waals surface area contributed by atoms with Gasteiger partial charge >= 0.3 is 0 Å². The number of H-pyrrole nitrogens is 1. The van der Waals surface area contributed by atoms with Gasteiger partial charge in [0.05, 0.1) is 5.52 Å². The van der Waals surface area contributed by atoms with Crippen molar-refractivity contribution in [2.24, 2.45) is 0 Å². The Morgan fingerprint density at radius 1 is 0.275 bits per heavy atom. The van der Waals surface area contributed by atoms with Crippen LogP contribution in [0.15, 0.2) is 182 Å². The third kappa shape index (κ3) is 4.22. The summed E-state index contributed by atoms with van der Waals surface area (Å²) in [4.78, 5) is 3.85. The molecule has 0 radical (unpaired) electrons. The summed E-state index contributed by atoms with van der Waals surface area (Å²) in [6.45, 7) is 0. The Morgan fingerprint density at radius 2 is 0.765 bits per heavy atom. The Morgan fingerprint density at radius 3 is 1.45 bits per heavy atom. The molecular formula is C50H31N. The minimum atomic E-state index is 1.16. The molecule has 0 amide bonds. The summed E-state index contributed by atoms with van der Waals surface area (Å²) in [5.41, 5.74) is 9.79. The molecular weight excluding hydrogens is 615 g/mol. The van der Waals surface area contributed by atoms with Crippen LogP contribution in [0.3, 0.4) is 0 Å². The molecule has 0 unspecified atom stereocenters. The molecule has 11 aromatic rings. The summed E-state index contributed by atoms with van der Waals surface area (Å²) in [7, 11) is 0. The van der Waals surface area contributed by atoms with Crippen molar-refractivity contribution in [1.29, 1.82) is 0 Å². The second-order valence-corrected chi connectivity index (χ2v) is 13.7. The molecule has 1 N–H and O–H groups in total. The zero-order valence-corrected chi connectivity index (χ0v) is 27.8. The lowest BCUT2D eigenvalue weighted by Gasteiger charge is -2.18. The standard InChI is InChI=1S/C50H31N/c1-2-13-32-28-36(25-24-31(32)12-1)48-42-21-8-6-19-40(42)47(41-20-7-9-22-43(41)48)35-15-11-14-33(29-35)34-26-27-45-46(30-34)51-50-44-23-10-4-17-38(44)37-16-3-5-18-39(37)49(45)50/h1-30,51H. The summed E-state index contributed by atoms with van der Waals surface area (Å²) in [5, 5.41) is 15.3. The van der Waals surface area contributed by atoms with Crippen molar-refractivity contribution in [2.45, 2.75) is 0 Å². The molecule has 0 aliphatic heterocycles. The van der Waals surface area contributed by atoms with E-state index < -0.39 is 0 Å². The average Bonchev–Trinajstić information content (AvgIpc) is 3.59. The number of hydrogen-bond acceptors (Lipinski definition) is 0. The Hall–Kier alpha value is -6.70. The molecule has 0 saturated heterocycles. The van der Waals surface area contributed by atoms with Crippen LogP contribution in [-0.2, 0) is 0 Å². The highest BCUT2D eigenvalue weighted by atomic mass is 14.7. The van der Waals surface area contributed by atoms with Gasteiger partial charge in [0.2, 0.25) is 0 Å². The summed E-state index contributed by atoms with van der Waals surface area (Å²) >= 11 is 0. The molecule has 0 atom stereocenters. The molecule has 0 spiro atoms. The van der Waals surface area contributed by atoms with Crippen molar-refractivity contribution in [3.05, 3.63) is 182 Å². The number of aromatic nitrogens is 1. The Labute approximate surface area is 295 Å². The van der Waals surface area contributed by atoms with Gasteiger partial charge in [-0.15, -0.1) is 0 Å². The van der Waals surface area contributed by atoms with Crippen LogP contribution in [0.5, 0.6) is 0 Å². The molecule has 1 heteroatoms. The van der Waals surface area contributed by atoms with E-state index in [2.05, 4.69) is 187 Å². The summed E-state index contributed by atoms with van der Waals surface area (Å²) in [6.07, 6.45) is 0. The summed E-state index contributed by atoms with van der Waals surface area (Å²) in [6, 6.07) is 66.9. The number of benzene rings is 10. The third-order valence-electron chi connectivity index (χ3n) is 10.9. The maximum atomic E-state index is 3.85. The van der Waals surface area contributed by atoms with Crippen molar-refractivity contribution in [3.63, 3.8) is 0 Å². The molecule has 236 valence electrons. The van der Waals surface area contributed by atoms with E-state index >= 15 is 0 Å². The van der Waals surface area contributed by atoms with E-state index in [-0.39, 0.29) is 0 Å². The zero-order valence-electron chi connectivity index (χ0n) is 27.8. The van der Waals surface area contributed by atoms with Gasteiger partial charge in [0.1, 0.15) is 0 Å². The van der Waals surface area contributed by atoms with E-state index in [9.17, 15) is 0 Å². The first-order chi connectivity index (χ1) is 25.3. The first-order valence-electron chi connectivity index (χ1n) is 17.7. The van der Waals surface area contributed by atoms with Crippen LogP contribution >= 0.6 is 0 Å². The second kappa shape index (κ2) is 10.9. The quantitative estimate of drug-likeness (QED) is 0.145. The lowest BCUT2D eigenvalue weighted by atomic mass is 9.85. The minimum Gasteiger partial charge on any atom is -0.354 e. The van der Waals surface area contributed by atoms with E-state index in [0.29, 0.717) is 0 Å². The Balaban J connectivity index is 1.12. The van der Waals surface area contributed by atoms with Gasteiger partial charge in [-0.3, -0.25) is 0 Å². The molecule has 51 heavy (non-hydrogen) atoms. The second-order valence-electron chi connectivity index (χ2n) is 13.7. The Bertz CT molecular complexity index is 3140. The molecule has 0 bridgehead atoms. The van der Waals surface area contributed by atoms with Crippen LogP contribution in [0.25, 0.3) is 109 Å². The molecule has 10 aromatic carbocycles. The van der Waals surface area contributed by atoms with Gasteiger partial charge in [0.25, 0.3) is 0 Å². The van der Waals surface area contributed by atoms with E-state index in [1.54, 1.807) is 0 Å². The molecule has 1 heterocycles. The molecule has 0 fully saturated rings. The van der Waals surface area contributed by atoms with Crippen LogP contribution in [0.4, 0.5) is 0 Å². The lowest BCUT2D eigenvalue weighted by molar-refractivity contribution is 1.55. The number of nitrogens with one attached hydrogen (secondary N) is 1. The highest BCUT2D eigenvalue weighted by Gasteiger charge is 2.18.